The number of benzene rings is 2. The molecule has 0 bridgehead atoms. The number of nitriles is 1. The van der Waals surface area contributed by atoms with E-state index >= 15 is 0 Å². The summed E-state index contributed by atoms with van der Waals surface area (Å²) in [5.41, 5.74) is 4.81. The molecule has 34 heavy (non-hydrogen) atoms. The molecule has 0 aliphatic heterocycles. The van der Waals surface area contributed by atoms with E-state index < -0.39 is 9.84 Å². The lowest BCUT2D eigenvalue weighted by Gasteiger charge is -2.13. The Hall–Kier alpha value is -2.79. The number of hydrogen-bond acceptors (Lipinski definition) is 8. The Morgan fingerprint density at radius 3 is 2.88 bits per heavy atom. The summed E-state index contributed by atoms with van der Waals surface area (Å²) < 4.78 is 33.9. The van der Waals surface area contributed by atoms with Gasteiger partial charge in [0.05, 0.1) is 17.4 Å². The van der Waals surface area contributed by atoms with Gasteiger partial charge in [-0.25, -0.2) is 8.42 Å². The Labute approximate surface area is 201 Å². The Morgan fingerprint density at radius 1 is 1.32 bits per heavy atom. The lowest BCUT2D eigenvalue weighted by Crippen LogP contribution is -2.16. The smallest absolute Gasteiger partial charge is 0.258 e. The molecule has 0 spiro atoms. The molecule has 1 heterocycles. The molecule has 178 valence electrons. The molecule has 0 saturated heterocycles. The molecular weight excluding hydrogens is 471 g/mol. The summed E-state index contributed by atoms with van der Waals surface area (Å²) >= 11 is 0. The molecule has 4 rings (SSSR count). The first-order chi connectivity index (χ1) is 16.2. The number of sulfone groups is 1. The first kappa shape index (κ1) is 24.3. The molecule has 0 saturated carbocycles. The van der Waals surface area contributed by atoms with Gasteiger partial charge >= 0.3 is 0 Å². The van der Waals surface area contributed by atoms with Crippen LogP contribution in [0.4, 0.5) is 0 Å². The predicted octanol–water partition coefficient (Wildman–Crippen LogP) is 4.28. The van der Waals surface area contributed by atoms with Crippen LogP contribution >= 0.6 is 8.73 Å². The third-order valence-electron chi connectivity index (χ3n) is 5.52. The lowest BCUT2D eigenvalue weighted by molar-refractivity contribution is 0.241. The van der Waals surface area contributed by atoms with E-state index in [1.807, 2.05) is 32.0 Å². The topological polar surface area (TPSA) is 118 Å². The fourth-order valence-electron chi connectivity index (χ4n) is 4.00. The van der Waals surface area contributed by atoms with Crippen LogP contribution in [0, 0.1) is 11.3 Å². The van der Waals surface area contributed by atoms with Crippen LogP contribution in [0.3, 0.4) is 0 Å². The molecule has 8 nitrogen and oxygen atoms in total. The Bertz CT molecular complexity index is 1330. The molecule has 0 amide bonds. The molecular formula is C24H27N4O4PS. The Kier molecular flexibility index (Phi) is 7.32. The van der Waals surface area contributed by atoms with Crippen molar-refractivity contribution in [3.8, 4) is 34.7 Å². The standard InChI is InChI=1S/C24H27N4O4PS/c1-15(2)31-21-9-7-16(13-17(21)14-25)24-27-23(28-32-24)20-6-4-5-19-18(20)8-10-22(19)33-26-11-12-34(3,29)30/h4-7,9,13,15,22,26,33H,8,10-12H2,1-3H3. The number of hydrogen-bond donors (Lipinski definition) is 1. The molecule has 10 heteroatoms. The fraction of sp³-hybridized carbons (Fsp3) is 0.375. The molecule has 2 atom stereocenters. The summed E-state index contributed by atoms with van der Waals surface area (Å²) in [4.78, 5) is 4.61. The van der Waals surface area contributed by atoms with Crippen LogP contribution in [0.15, 0.2) is 40.9 Å². The van der Waals surface area contributed by atoms with Gasteiger partial charge in [-0.2, -0.15) is 10.2 Å². The SMILES string of the molecule is CC(C)Oc1ccc(-c2nc(-c3cccc4c3CCC4PNCCS(C)(=O)=O)no2)cc1C#N. The number of rotatable bonds is 9. The Morgan fingerprint density at radius 2 is 2.15 bits per heavy atom. The van der Waals surface area contributed by atoms with Crippen molar-refractivity contribution in [2.45, 2.75) is 38.5 Å². The summed E-state index contributed by atoms with van der Waals surface area (Å²) in [5.74, 6) is 1.53. The highest BCUT2D eigenvalue weighted by atomic mass is 32.2. The lowest BCUT2D eigenvalue weighted by atomic mass is 10.0. The number of nitrogens with zero attached hydrogens (tertiary/aromatic N) is 3. The van der Waals surface area contributed by atoms with Gasteiger partial charge in [0.15, 0.2) is 0 Å². The number of nitrogens with one attached hydrogen (secondary N) is 1. The second-order valence-corrected chi connectivity index (χ2v) is 12.2. The van der Waals surface area contributed by atoms with Gasteiger partial charge in [-0.05, 0) is 64.7 Å². The molecule has 1 aliphatic carbocycles. The maximum Gasteiger partial charge on any atom is 0.258 e. The average molecular weight is 499 g/mol. The van der Waals surface area contributed by atoms with Crippen molar-refractivity contribution >= 4 is 18.6 Å². The zero-order chi connectivity index (χ0) is 24.3. The van der Waals surface area contributed by atoms with Crippen LogP contribution in [0.1, 0.15) is 42.6 Å². The van der Waals surface area contributed by atoms with Gasteiger partial charge in [0, 0.05) is 29.6 Å². The highest BCUT2D eigenvalue weighted by molar-refractivity contribution is 7.90. The molecule has 3 aromatic rings. The van der Waals surface area contributed by atoms with Crippen molar-refractivity contribution in [1.29, 1.82) is 5.26 Å². The molecule has 0 fully saturated rings. The second-order valence-electron chi connectivity index (χ2n) is 8.58. The number of ether oxygens (including phenoxy) is 1. The van der Waals surface area contributed by atoms with E-state index in [4.69, 9.17) is 9.26 Å². The van der Waals surface area contributed by atoms with E-state index in [1.165, 1.54) is 17.4 Å². The van der Waals surface area contributed by atoms with Crippen molar-refractivity contribution < 1.29 is 17.7 Å². The fourth-order valence-corrected chi connectivity index (χ4v) is 5.89. The summed E-state index contributed by atoms with van der Waals surface area (Å²) in [7, 11) is -2.52. The molecule has 2 aromatic carbocycles. The summed E-state index contributed by atoms with van der Waals surface area (Å²) in [5, 5.41) is 17.0. The van der Waals surface area contributed by atoms with E-state index in [1.54, 1.807) is 12.1 Å². The van der Waals surface area contributed by atoms with E-state index in [2.05, 4.69) is 27.4 Å². The summed E-state index contributed by atoms with van der Waals surface area (Å²) in [6.07, 6.45) is 3.11. The van der Waals surface area contributed by atoms with E-state index in [0.717, 1.165) is 18.4 Å². The minimum absolute atomic E-state index is 0.0348. The van der Waals surface area contributed by atoms with E-state index in [9.17, 15) is 13.7 Å². The zero-order valence-corrected chi connectivity index (χ0v) is 21.1. The highest BCUT2D eigenvalue weighted by Gasteiger charge is 2.26. The first-order valence-electron chi connectivity index (χ1n) is 11.1. The Balaban J connectivity index is 1.53. The van der Waals surface area contributed by atoms with E-state index in [-0.39, 0.29) is 11.9 Å². The van der Waals surface area contributed by atoms with Gasteiger partial charge in [-0.1, -0.05) is 23.4 Å². The van der Waals surface area contributed by atoms with Gasteiger partial charge in [-0.3, -0.25) is 5.09 Å². The summed E-state index contributed by atoms with van der Waals surface area (Å²) in [6.45, 7) is 4.28. The van der Waals surface area contributed by atoms with Crippen molar-refractivity contribution in [2.75, 3.05) is 18.6 Å². The largest absolute Gasteiger partial charge is 0.490 e. The first-order valence-corrected chi connectivity index (χ1v) is 14.2. The van der Waals surface area contributed by atoms with Gasteiger partial charge in [0.1, 0.15) is 21.7 Å². The van der Waals surface area contributed by atoms with E-state index in [0.29, 0.717) is 49.5 Å². The maximum atomic E-state index is 11.3. The van der Waals surface area contributed by atoms with Crippen molar-refractivity contribution in [1.82, 2.24) is 15.2 Å². The van der Waals surface area contributed by atoms with Gasteiger partial charge in [-0.15, -0.1) is 0 Å². The van der Waals surface area contributed by atoms with Gasteiger partial charge < -0.3 is 9.26 Å². The molecule has 2 unspecified atom stereocenters. The third kappa shape index (κ3) is 5.64. The van der Waals surface area contributed by atoms with Crippen LogP contribution in [-0.4, -0.2) is 43.2 Å². The number of aromatic nitrogens is 2. The van der Waals surface area contributed by atoms with Crippen molar-refractivity contribution in [3.05, 3.63) is 53.1 Å². The van der Waals surface area contributed by atoms with Crippen LogP contribution in [0.5, 0.6) is 5.75 Å². The van der Waals surface area contributed by atoms with Crippen LogP contribution in [0.25, 0.3) is 22.8 Å². The van der Waals surface area contributed by atoms with Crippen LogP contribution in [-0.2, 0) is 16.3 Å². The molecule has 1 N–H and O–H groups in total. The predicted molar refractivity (Wildman–Crippen MR) is 133 cm³/mol. The number of fused-ring (bicyclic) bond motifs is 1. The van der Waals surface area contributed by atoms with Crippen molar-refractivity contribution in [2.24, 2.45) is 0 Å². The minimum atomic E-state index is -2.97. The van der Waals surface area contributed by atoms with Crippen LogP contribution < -0.4 is 9.82 Å². The molecule has 1 aliphatic rings. The maximum absolute atomic E-state index is 11.3. The summed E-state index contributed by atoms with van der Waals surface area (Å²) in [6, 6.07) is 13.5. The van der Waals surface area contributed by atoms with Crippen LogP contribution in [0.2, 0.25) is 0 Å². The van der Waals surface area contributed by atoms with Gasteiger partial charge in [0.2, 0.25) is 5.82 Å². The molecule has 0 radical (unpaired) electrons. The third-order valence-corrected chi connectivity index (χ3v) is 7.87. The highest BCUT2D eigenvalue weighted by Crippen LogP contribution is 2.46. The zero-order valence-electron chi connectivity index (χ0n) is 19.3. The monoisotopic (exact) mass is 498 g/mol. The molecule has 1 aromatic heterocycles. The van der Waals surface area contributed by atoms with Crippen molar-refractivity contribution in [3.63, 3.8) is 0 Å². The minimum Gasteiger partial charge on any atom is -0.490 e. The second kappa shape index (κ2) is 10.2. The normalized spacial score (nSPS) is 15.7. The van der Waals surface area contributed by atoms with Gasteiger partial charge in [0.25, 0.3) is 5.89 Å². The quantitative estimate of drug-likeness (QED) is 0.343. The average Bonchev–Trinajstić information content (AvgIpc) is 3.43.